The molecule has 1 aliphatic rings. The second-order valence-corrected chi connectivity index (χ2v) is 9.83. The van der Waals surface area contributed by atoms with Gasteiger partial charge in [-0.2, -0.15) is 0 Å². The number of hydrogen-bond donors (Lipinski definition) is 2. The zero-order valence-electron chi connectivity index (χ0n) is 18.6. The number of hydroxylamine groups is 1. The van der Waals surface area contributed by atoms with Gasteiger partial charge in [0, 0.05) is 25.0 Å². The van der Waals surface area contributed by atoms with Crippen LogP contribution in [0.4, 0.5) is 0 Å². The third-order valence-corrected chi connectivity index (χ3v) is 7.37. The molecule has 0 unspecified atom stereocenters. The lowest BCUT2D eigenvalue weighted by Crippen LogP contribution is -2.25. The number of likely N-dealkylation sites (tertiary alicyclic amines) is 1. The minimum absolute atomic E-state index is 0.0628. The van der Waals surface area contributed by atoms with Crippen LogP contribution in [0.15, 0.2) is 78.0 Å². The van der Waals surface area contributed by atoms with E-state index in [9.17, 15) is 13.2 Å². The van der Waals surface area contributed by atoms with Crippen molar-refractivity contribution >= 4 is 22.0 Å². The number of nitrogens with one attached hydrogen (secondary N) is 1. The van der Waals surface area contributed by atoms with Gasteiger partial charge in [-0.3, -0.25) is 14.9 Å². The zero-order chi connectivity index (χ0) is 24.0. The quantitative estimate of drug-likeness (QED) is 0.276. The van der Waals surface area contributed by atoms with E-state index in [2.05, 4.69) is 4.90 Å². The van der Waals surface area contributed by atoms with Gasteiger partial charge in [0.05, 0.1) is 0 Å². The molecule has 1 saturated heterocycles. The van der Waals surface area contributed by atoms with E-state index in [0.29, 0.717) is 17.9 Å². The Hall–Kier alpha value is -3.40. The fraction of sp³-hybridized carbons (Fsp3) is 0.240. The fourth-order valence-electron chi connectivity index (χ4n) is 3.90. The molecule has 0 saturated carbocycles. The van der Waals surface area contributed by atoms with Crippen molar-refractivity contribution in [3.63, 3.8) is 0 Å². The van der Waals surface area contributed by atoms with Crippen molar-refractivity contribution in [3.05, 3.63) is 78.6 Å². The highest BCUT2D eigenvalue weighted by molar-refractivity contribution is 7.90. The van der Waals surface area contributed by atoms with Gasteiger partial charge < -0.3 is 4.74 Å². The van der Waals surface area contributed by atoms with E-state index in [1.165, 1.54) is 36.8 Å². The van der Waals surface area contributed by atoms with Crippen LogP contribution in [0.25, 0.3) is 17.2 Å². The standard InChI is InChI=1S/C25H27N3O5S/c29-25(26-30)11-8-20-12-15-28(19-20)34(31,32)24-10-9-22(21-6-2-1-3-7-21)18-23(24)33-17-16-27-13-4-5-14-27/h1-3,6-12,15,18-19,30H,4-5,13-14,16-17H2,(H,26,29)/b11-8+. The molecule has 34 heavy (non-hydrogen) atoms. The molecule has 2 aromatic carbocycles. The lowest BCUT2D eigenvalue weighted by molar-refractivity contribution is -0.124. The molecule has 8 nitrogen and oxygen atoms in total. The molecule has 1 fully saturated rings. The molecule has 4 rings (SSSR count). The highest BCUT2D eigenvalue weighted by atomic mass is 32.2. The zero-order valence-corrected chi connectivity index (χ0v) is 19.4. The number of carbonyl (C=O) groups is 1. The van der Waals surface area contributed by atoms with Crippen molar-refractivity contribution in [2.75, 3.05) is 26.2 Å². The molecular weight excluding hydrogens is 454 g/mol. The predicted molar refractivity (Wildman–Crippen MR) is 129 cm³/mol. The third kappa shape index (κ3) is 5.56. The van der Waals surface area contributed by atoms with Crippen LogP contribution in [0, 0.1) is 0 Å². The average Bonchev–Trinajstić information content (AvgIpc) is 3.56. The van der Waals surface area contributed by atoms with Crippen LogP contribution in [-0.2, 0) is 14.8 Å². The molecule has 3 aromatic rings. The first kappa shape index (κ1) is 23.7. The smallest absolute Gasteiger partial charge is 0.271 e. The Morgan fingerprint density at radius 1 is 1.06 bits per heavy atom. The molecule has 0 bridgehead atoms. The van der Waals surface area contributed by atoms with Crippen molar-refractivity contribution in [3.8, 4) is 16.9 Å². The Morgan fingerprint density at radius 3 is 2.56 bits per heavy atom. The summed E-state index contributed by atoms with van der Waals surface area (Å²) in [5.74, 6) is -0.410. The number of aromatic nitrogens is 1. The van der Waals surface area contributed by atoms with E-state index in [1.807, 2.05) is 30.3 Å². The monoisotopic (exact) mass is 481 g/mol. The molecular formula is C25H27N3O5S. The summed E-state index contributed by atoms with van der Waals surface area (Å²) in [6.07, 6.45) is 7.67. The number of carbonyl (C=O) groups excluding carboxylic acids is 1. The summed E-state index contributed by atoms with van der Waals surface area (Å²) in [4.78, 5) is 13.6. The van der Waals surface area contributed by atoms with Crippen LogP contribution in [0.5, 0.6) is 5.75 Å². The minimum atomic E-state index is -3.95. The Balaban J connectivity index is 1.63. The SMILES string of the molecule is O=C(/C=C/c1ccn(S(=O)(=O)c2ccc(-c3ccccc3)cc2OCCN2CCCC2)c1)NO. The van der Waals surface area contributed by atoms with Gasteiger partial charge >= 0.3 is 0 Å². The van der Waals surface area contributed by atoms with Gasteiger partial charge in [-0.25, -0.2) is 17.9 Å². The maximum Gasteiger partial charge on any atom is 0.271 e. The third-order valence-electron chi connectivity index (χ3n) is 5.70. The highest BCUT2D eigenvalue weighted by Gasteiger charge is 2.23. The maximum atomic E-state index is 13.5. The molecule has 9 heteroatoms. The van der Waals surface area contributed by atoms with Gasteiger partial charge in [-0.1, -0.05) is 36.4 Å². The number of rotatable bonds is 9. The summed E-state index contributed by atoms with van der Waals surface area (Å²) in [6, 6.07) is 16.4. The molecule has 0 aliphatic carbocycles. The van der Waals surface area contributed by atoms with Crippen molar-refractivity contribution in [2.24, 2.45) is 0 Å². The van der Waals surface area contributed by atoms with E-state index in [1.54, 1.807) is 24.3 Å². The summed E-state index contributed by atoms with van der Waals surface area (Å²) >= 11 is 0. The van der Waals surface area contributed by atoms with Crippen LogP contribution < -0.4 is 10.2 Å². The summed E-state index contributed by atoms with van der Waals surface area (Å²) in [7, 11) is -3.95. The van der Waals surface area contributed by atoms with Crippen molar-refractivity contribution in [2.45, 2.75) is 17.7 Å². The molecule has 2 heterocycles. The summed E-state index contributed by atoms with van der Waals surface area (Å²) < 4.78 is 34.0. The van der Waals surface area contributed by atoms with Crippen molar-refractivity contribution in [1.29, 1.82) is 0 Å². The van der Waals surface area contributed by atoms with Crippen LogP contribution >= 0.6 is 0 Å². The van der Waals surface area contributed by atoms with Crippen molar-refractivity contribution < 1.29 is 23.2 Å². The van der Waals surface area contributed by atoms with E-state index in [4.69, 9.17) is 9.94 Å². The lowest BCUT2D eigenvalue weighted by atomic mass is 10.1. The number of ether oxygens (including phenoxy) is 1. The Labute approximate surface area is 199 Å². The fourth-order valence-corrected chi connectivity index (χ4v) is 5.22. The second kappa shape index (κ2) is 10.7. The highest BCUT2D eigenvalue weighted by Crippen LogP contribution is 2.32. The molecule has 1 amide bonds. The van der Waals surface area contributed by atoms with Gasteiger partial charge in [0.1, 0.15) is 17.3 Å². The normalized spacial score (nSPS) is 14.5. The number of amides is 1. The van der Waals surface area contributed by atoms with E-state index < -0.39 is 15.9 Å². The number of nitrogens with zero attached hydrogens (tertiary/aromatic N) is 2. The van der Waals surface area contributed by atoms with E-state index in [-0.39, 0.29) is 4.90 Å². The Morgan fingerprint density at radius 2 is 1.82 bits per heavy atom. The first-order valence-electron chi connectivity index (χ1n) is 11.1. The molecule has 0 radical (unpaired) electrons. The maximum absolute atomic E-state index is 13.5. The summed E-state index contributed by atoms with van der Waals surface area (Å²) in [6.45, 7) is 3.19. The molecule has 178 valence electrons. The van der Waals surface area contributed by atoms with Crippen LogP contribution in [0.2, 0.25) is 0 Å². The first-order valence-corrected chi connectivity index (χ1v) is 12.5. The Bertz CT molecular complexity index is 1260. The molecule has 0 spiro atoms. The topological polar surface area (TPSA) is 101 Å². The van der Waals surface area contributed by atoms with Crippen LogP contribution in [-0.4, -0.2) is 54.6 Å². The molecule has 1 aromatic heterocycles. The van der Waals surface area contributed by atoms with Gasteiger partial charge in [0.25, 0.3) is 15.9 Å². The summed E-state index contributed by atoms with van der Waals surface area (Å²) in [5, 5.41) is 8.60. The van der Waals surface area contributed by atoms with E-state index >= 15 is 0 Å². The number of benzene rings is 2. The Kier molecular flexibility index (Phi) is 7.46. The molecule has 1 aliphatic heterocycles. The van der Waals surface area contributed by atoms with E-state index in [0.717, 1.165) is 40.8 Å². The van der Waals surface area contributed by atoms with Crippen molar-refractivity contribution in [1.82, 2.24) is 14.4 Å². The van der Waals surface area contributed by atoms with Gasteiger partial charge in [-0.05, 0) is 66.9 Å². The molecule has 0 atom stereocenters. The molecule has 2 N–H and O–H groups in total. The first-order chi connectivity index (χ1) is 16.5. The van der Waals surface area contributed by atoms with Crippen LogP contribution in [0.1, 0.15) is 18.4 Å². The lowest BCUT2D eigenvalue weighted by Gasteiger charge is -2.18. The van der Waals surface area contributed by atoms with Gasteiger partial charge in [0.15, 0.2) is 0 Å². The largest absolute Gasteiger partial charge is 0.491 e. The number of hydrogen-bond acceptors (Lipinski definition) is 6. The average molecular weight is 482 g/mol. The van der Waals surface area contributed by atoms with Gasteiger partial charge in [-0.15, -0.1) is 0 Å². The van der Waals surface area contributed by atoms with Crippen LogP contribution in [0.3, 0.4) is 0 Å². The predicted octanol–water partition coefficient (Wildman–Crippen LogP) is 3.39. The minimum Gasteiger partial charge on any atom is -0.491 e. The second-order valence-electron chi connectivity index (χ2n) is 8.01. The van der Waals surface area contributed by atoms with Gasteiger partial charge in [0.2, 0.25) is 0 Å². The summed E-state index contributed by atoms with van der Waals surface area (Å²) in [5.41, 5.74) is 3.81.